The second-order valence-corrected chi connectivity index (χ2v) is 3.76. The van der Waals surface area contributed by atoms with Crippen LogP contribution in [-0.4, -0.2) is 43.0 Å². The Balaban J connectivity index is 0. The lowest BCUT2D eigenvalue weighted by molar-refractivity contribution is -0.141. The molecule has 0 saturated carbocycles. The molecule has 0 saturated heterocycles. The largest absolute Gasteiger partial charge is 0.433 e. The third kappa shape index (κ3) is 5.94. The second kappa shape index (κ2) is 8.99. The molecular weight excluding hydrogens is 318 g/mol. The summed E-state index contributed by atoms with van der Waals surface area (Å²) in [6, 6.07) is 1.94. The molecule has 0 radical (unpaired) electrons. The number of nitrogens with one attached hydrogen (secondary N) is 1. The van der Waals surface area contributed by atoms with Crippen LogP contribution >= 0.6 is 24.8 Å². The van der Waals surface area contributed by atoms with Crippen LogP contribution in [-0.2, 0) is 6.18 Å². The molecule has 0 spiro atoms. The van der Waals surface area contributed by atoms with Crippen molar-refractivity contribution >= 4 is 30.7 Å². The van der Waals surface area contributed by atoms with Gasteiger partial charge in [-0.05, 0) is 19.2 Å². The van der Waals surface area contributed by atoms with Crippen molar-refractivity contribution in [3.05, 3.63) is 29.6 Å². The number of rotatable bonds is 4. The summed E-state index contributed by atoms with van der Waals surface area (Å²) in [5.74, 6) is -0.355. The van der Waals surface area contributed by atoms with E-state index in [1.807, 2.05) is 0 Å². The third-order valence-corrected chi connectivity index (χ3v) is 2.34. The van der Waals surface area contributed by atoms with Crippen LogP contribution in [0, 0.1) is 0 Å². The van der Waals surface area contributed by atoms with Crippen LogP contribution in [0.2, 0.25) is 0 Å². The van der Waals surface area contributed by atoms with Crippen molar-refractivity contribution in [2.45, 2.75) is 6.18 Å². The predicted octanol–water partition coefficient (Wildman–Crippen LogP) is 2.24. The molecule has 0 bridgehead atoms. The van der Waals surface area contributed by atoms with E-state index in [1.165, 1.54) is 4.90 Å². The number of alkyl halides is 3. The van der Waals surface area contributed by atoms with Gasteiger partial charge >= 0.3 is 6.18 Å². The zero-order valence-electron chi connectivity index (χ0n) is 10.9. The molecule has 0 fully saturated rings. The average Bonchev–Trinajstić information content (AvgIpc) is 2.34. The van der Waals surface area contributed by atoms with Gasteiger partial charge in [0.15, 0.2) is 0 Å². The summed E-state index contributed by atoms with van der Waals surface area (Å²) in [5, 5.41) is 2.88. The van der Waals surface area contributed by atoms with Crippen molar-refractivity contribution in [1.82, 2.24) is 15.2 Å². The van der Waals surface area contributed by atoms with Gasteiger partial charge in [0.25, 0.3) is 5.91 Å². The molecule has 1 aromatic rings. The number of hydrogen-bond acceptors (Lipinski definition) is 3. The Morgan fingerprint density at radius 3 is 2.35 bits per heavy atom. The molecule has 1 heterocycles. The third-order valence-electron chi connectivity index (χ3n) is 2.34. The van der Waals surface area contributed by atoms with Gasteiger partial charge in [-0.2, -0.15) is 13.2 Å². The first-order chi connectivity index (χ1) is 8.36. The van der Waals surface area contributed by atoms with Crippen LogP contribution in [0.1, 0.15) is 16.1 Å². The molecule has 1 N–H and O–H groups in total. The molecule has 0 aliphatic rings. The Morgan fingerprint density at radius 2 is 1.95 bits per heavy atom. The normalized spacial score (nSPS) is 10.2. The van der Waals surface area contributed by atoms with Gasteiger partial charge in [0.2, 0.25) is 0 Å². The molecule has 20 heavy (non-hydrogen) atoms. The van der Waals surface area contributed by atoms with E-state index in [2.05, 4.69) is 10.3 Å². The number of likely N-dealkylation sites (N-methyl/N-ethyl adjacent to an activating group) is 2. The summed E-state index contributed by atoms with van der Waals surface area (Å²) >= 11 is 0. The van der Waals surface area contributed by atoms with Crippen molar-refractivity contribution in [2.24, 2.45) is 0 Å². The first-order valence-electron chi connectivity index (χ1n) is 5.29. The number of halogens is 5. The summed E-state index contributed by atoms with van der Waals surface area (Å²) in [4.78, 5) is 16.5. The molecule has 1 aromatic heterocycles. The van der Waals surface area contributed by atoms with E-state index in [0.29, 0.717) is 13.1 Å². The standard InChI is InChI=1S/C11H14F3N3O.2ClH/c1-15-5-6-17(2)10(18)8-3-4-9(16-7-8)11(12,13)14;;/h3-4,7,15H,5-6H2,1-2H3;2*1H. The molecule has 0 unspecified atom stereocenters. The Labute approximate surface area is 127 Å². The quantitative estimate of drug-likeness (QED) is 0.919. The molecule has 1 amide bonds. The molecular formula is C11H16Cl2F3N3O. The molecule has 0 aliphatic heterocycles. The van der Waals surface area contributed by atoms with Crippen molar-refractivity contribution in [1.29, 1.82) is 0 Å². The molecule has 0 aliphatic carbocycles. The lowest BCUT2D eigenvalue weighted by Crippen LogP contribution is -2.32. The van der Waals surface area contributed by atoms with E-state index in [9.17, 15) is 18.0 Å². The number of amides is 1. The average molecular weight is 334 g/mol. The fraction of sp³-hybridized carbons (Fsp3) is 0.455. The molecule has 9 heteroatoms. The highest BCUT2D eigenvalue weighted by atomic mass is 35.5. The van der Waals surface area contributed by atoms with Gasteiger partial charge in [-0.25, -0.2) is 0 Å². The Bertz CT molecular complexity index is 412. The van der Waals surface area contributed by atoms with Gasteiger partial charge in [-0.15, -0.1) is 24.8 Å². The topological polar surface area (TPSA) is 45.2 Å². The van der Waals surface area contributed by atoms with Gasteiger partial charge in [0.1, 0.15) is 5.69 Å². The van der Waals surface area contributed by atoms with Gasteiger partial charge in [0.05, 0.1) is 5.56 Å². The van der Waals surface area contributed by atoms with Crippen LogP contribution in [0.25, 0.3) is 0 Å². The Hall–Kier alpha value is -1.05. The minimum absolute atomic E-state index is 0. The van der Waals surface area contributed by atoms with Crippen LogP contribution in [0.5, 0.6) is 0 Å². The monoisotopic (exact) mass is 333 g/mol. The Morgan fingerprint density at radius 1 is 1.35 bits per heavy atom. The van der Waals surface area contributed by atoms with E-state index in [1.54, 1.807) is 14.1 Å². The minimum Gasteiger partial charge on any atom is -0.340 e. The number of pyridine rings is 1. The van der Waals surface area contributed by atoms with E-state index in [-0.39, 0.29) is 36.3 Å². The van der Waals surface area contributed by atoms with Crippen LogP contribution < -0.4 is 5.32 Å². The van der Waals surface area contributed by atoms with Crippen molar-refractivity contribution in [2.75, 3.05) is 27.2 Å². The van der Waals surface area contributed by atoms with Gasteiger partial charge in [0, 0.05) is 26.3 Å². The zero-order valence-corrected chi connectivity index (χ0v) is 12.5. The maximum absolute atomic E-state index is 12.3. The van der Waals surface area contributed by atoms with Crippen LogP contribution in [0.4, 0.5) is 13.2 Å². The van der Waals surface area contributed by atoms with E-state index in [4.69, 9.17) is 0 Å². The lowest BCUT2D eigenvalue weighted by Gasteiger charge is -2.16. The summed E-state index contributed by atoms with van der Waals surface area (Å²) in [5.41, 5.74) is -0.862. The first kappa shape index (κ1) is 21.3. The van der Waals surface area contributed by atoms with Crippen LogP contribution in [0.15, 0.2) is 18.3 Å². The maximum atomic E-state index is 12.3. The highest BCUT2D eigenvalue weighted by Crippen LogP contribution is 2.27. The fourth-order valence-corrected chi connectivity index (χ4v) is 1.29. The fourth-order valence-electron chi connectivity index (χ4n) is 1.29. The number of aromatic nitrogens is 1. The maximum Gasteiger partial charge on any atom is 0.433 e. The molecule has 0 atom stereocenters. The van der Waals surface area contributed by atoms with Crippen LogP contribution in [0.3, 0.4) is 0 Å². The predicted molar refractivity (Wildman–Crippen MR) is 74.6 cm³/mol. The SMILES string of the molecule is CNCCN(C)C(=O)c1ccc(C(F)(F)F)nc1.Cl.Cl. The minimum atomic E-state index is -4.49. The summed E-state index contributed by atoms with van der Waals surface area (Å²) < 4.78 is 36.8. The smallest absolute Gasteiger partial charge is 0.340 e. The number of carbonyl (C=O) groups excluding carboxylic acids is 1. The molecule has 4 nitrogen and oxygen atoms in total. The first-order valence-corrected chi connectivity index (χ1v) is 5.29. The zero-order chi connectivity index (χ0) is 13.8. The number of carbonyl (C=O) groups is 1. The molecule has 116 valence electrons. The van der Waals surface area contributed by atoms with E-state index >= 15 is 0 Å². The van der Waals surface area contributed by atoms with Gasteiger partial charge in [-0.3, -0.25) is 9.78 Å². The van der Waals surface area contributed by atoms with Crippen molar-refractivity contribution in [3.8, 4) is 0 Å². The summed E-state index contributed by atoms with van der Waals surface area (Å²) in [7, 11) is 3.33. The highest BCUT2D eigenvalue weighted by molar-refractivity contribution is 5.93. The Kier molecular flexibility index (Phi) is 9.55. The van der Waals surface area contributed by atoms with E-state index in [0.717, 1.165) is 18.3 Å². The second-order valence-electron chi connectivity index (χ2n) is 3.76. The molecule has 0 aromatic carbocycles. The number of hydrogen-bond donors (Lipinski definition) is 1. The highest BCUT2D eigenvalue weighted by Gasteiger charge is 2.32. The summed E-state index contributed by atoms with van der Waals surface area (Å²) in [6.07, 6.45) is -3.54. The van der Waals surface area contributed by atoms with Crippen molar-refractivity contribution in [3.63, 3.8) is 0 Å². The van der Waals surface area contributed by atoms with Gasteiger partial charge in [-0.1, -0.05) is 0 Å². The van der Waals surface area contributed by atoms with E-state index < -0.39 is 11.9 Å². The summed E-state index contributed by atoms with van der Waals surface area (Å²) in [6.45, 7) is 1.08. The molecule has 1 rings (SSSR count). The lowest BCUT2D eigenvalue weighted by atomic mass is 10.2. The van der Waals surface area contributed by atoms with Gasteiger partial charge < -0.3 is 10.2 Å². The number of nitrogens with zero attached hydrogens (tertiary/aromatic N) is 2. The van der Waals surface area contributed by atoms with Crippen molar-refractivity contribution < 1.29 is 18.0 Å².